The standard InChI is InChI=1S/C14H16BrNO3/c1-9-3-4-11(15)7-12(9)13(17)16-6-5-10(8-16)14(18)19-2/h3-4,7,10H,5-6,8H2,1-2H3. The van der Waals surface area contributed by atoms with Gasteiger partial charge in [0.15, 0.2) is 0 Å². The third kappa shape index (κ3) is 2.97. The number of esters is 1. The summed E-state index contributed by atoms with van der Waals surface area (Å²) in [5, 5.41) is 0. The molecule has 0 saturated carbocycles. The summed E-state index contributed by atoms with van der Waals surface area (Å²) in [7, 11) is 1.38. The third-order valence-corrected chi connectivity index (χ3v) is 3.93. The zero-order valence-corrected chi connectivity index (χ0v) is 12.6. The minimum absolute atomic E-state index is 0.0230. The number of amides is 1. The van der Waals surface area contributed by atoms with Crippen LogP contribution >= 0.6 is 15.9 Å². The molecule has 0 aliphatic carbocycles. The Hall–Kier alpha value is -1.36. The molecule has 1 heterocycles. The highest BCUT2D eigenvalue weighted by atomic mass is 79.9. The molecule has 1 unspecified atom stereocenters. The molecule has 0 bridgehead atoms. The molecule has 1 aliphatic rings. The number of hydrogen-bond acceptors (Lipinski definition) is 3. The number of rotatable bonds is 2. The average Bonchev–Trinajstić information content (AvgIpc) is 2.89. The van der Waals surface area contributed by atoms with Gasteiger partial charge in [-0.3, -0.25) is 9.59 Å². The Morgan fingerprint density at radius 2 is 2.16 bits per heavy atom. The van der Waals surface area contributed by atoms with Crippen LogP contribution in [0.3, 0.4) is 0 Å². The summed E-state index contributed by atoms with van der Waals surface area (Å²) in [4.78, 5) is 25.6. The fourth-order valence-electron chi connectivity index (χ4n) is 2.30. The summed E-state index contributed by atoms with van der Waals surface area (Å²) in [6.45, 7) is 2.95. The van der Waals surface area contributed by atoms with E-state index in [1.165, 1.54) is 7.11 Å². The molecular formula is C14H16BrNO3. The SMILES string of the molecule is COC(=O)C1CCN(C(=O)c2cc(Br)ccc2C)C1. The molecule has 0 spiro atoms. The first kappa shape index (κ1) is 14.1. The van der Waals surface area contributed by atoms with Gasteiger partial charge in [-0.15, -0.1) is 0 Å². The molecular weight excluding hydrogens is 310 g/mol. The number of nitrogens with zero attached hydrogens (tertiary/aromatic N) is 1. The summed E-state index contributed by atoms with van der Waals surface area (Å²) in [6.07, 6.45) is 0.672. The Kier molecular flexibility index (Phi) is 4.24. The molecule has 1 aliphatic heterocycles. The minimum atomic E-state index is -0.235. The molecule has 5 heteroatoms. The van der Waals surface area contributed by atoms with E-state index in [4.69, 9.17) is 4.74 Å². The summed E-state index contributed by atoms with van der Waals surface area (Å²) >= 11 is 3.37. The number of hydrogen-bond donors (Lipinski definition) is 0. The van der Waals surface area contributed by atoms with Gasteiger partial charge in [0.2, 0.25) is 0 Å². The first-order chi connectivity index (χ1) is 9.02. The van der Waals surface area contributed by atoms with Gasteiger partial charge < -0.3 is 9.64 Å². The van der Waals surface area contributed by atoms with Crippen molar-refractivity contribution in [3.63, 3.8) is 0 Å². The molecule has 0 aromatic heterocycles. The van der Waals surface area contributed by atoms with Crippen LogP contribution in [-0.4, -0.2) is 37.0 Å². The normalized spacial score (nSPS) is 18.5. The Morgan fingerprint density at radius 3 is 2.84 bits per heavy atom. The molecule has 1 aromatic rings. The highest BCUT2D eigenvalue weighted by molar-refractivity contribution is 9.10. The second kappa shape index (κ2) is 5.74. The van der Waals surface area contributed by atoms with Crippen molar-refractivity contribution >= 4 is 27.8 Å². The average molecular weight is 326 g/mol. The maximum Gasteiger partial charge on any atom is 0.310 e. The van der Waals surface area contributed by atoms with Crippen LogP contribution in [-0.2, 0) is 9.53 Å². The Morgan fingerprint density at radius 1 is 1.42 bits per heavy atom. The van der Waals surface area contributed by atoms with Crippen LogP contribution < -0.4 is 0 Å². The van der Waals surface area contributed by atoms with Gasteiger partial charge in [-0.2, -0.15) is 0 Å². The third-order valence-electron chi connectivity index (χ3n) is 3.44. The number of methoxy groups -OCH3 is 1. The van der Waals surface area contributed by atoms with E-state index in [0.29, 0.717) is 25.1 Å². The maximum absolute atomic E-state index is 12.4. The van der Waals surface area contributed by atoms with E-state index < -0.39 is 0 Å². The highest BCUT2D eigenvalue weighted by Gasteiger charge is 2.32. The van der Waals surface area contributed by atoms with Crippen molar-refractivity contribution < 1.29 is 14.3 Å². The van der Waals surface area contributed by atoms with Crippen molar-refractivity contribution in [1.82, 2.24) is 4.90 Å². The minimum Gasteiger partial charge on any atom is -0.469 e. The number of aryl methyl sites for hydroxylation is 1. The molecule has 0 N–H and O–H groups in total. The van der Waals surface area contributed by atoms with E-state index in [1.54, 1.807) is 4.90 Å². The molecule has 2 rings (SSSR count). The van der Waals surface area contributed by atoms with E-state index in [1.807, 2.05) is 25.1 Å². The van der Waals surface area contributed by atoms with Crippen molar-refractivity contribution in [3.8, 4) is 0 Å². The van der Waals surface area contributed by atoms with Crippen LogP contribution in [0.2, 0.25) is 0 Å². The zero-order valence-electron chi connectivity index (χ0n) is 11.0. The van der Waals surface area contributed by atoms with E-state index in [-0.39, 0.29) is 17.8 Å². The topological polar surface area (TPSA) is 46.6 Å². The van der Waals surface area contributed by atoms with Crippen LogP contribution in [0.25, 0.3) is 0 Å². The van der Waals surface area contributed by atoms with Crippen molar-refractivity contribution in [2.24, 2.45) is 5.92 Å². The molecule has 1 amide bonds. The van der Waals surface area contributed by atoms with Crippen molar-refractivity contribution in [2.45, 2.75) is 13.3 Å². The van der Waals surface area contributed by atoms with Gasteiger partial charge in [-0.05, 0) is 31.0 Å². The monoisotopic (exact) mass is 325 g/mol. The summed E-state index contributed by atoms with van der Waals surface area (Å²) in [5.74, 6) is -0.451. The van der Waals surface area contributed by atoms with E-state index in [0.717, 1.165) is 10.0 Å². The molecule has 19 heavy (non-hydrogen) atoms. The van der Waals surface area contributed by atoms with Gasteiger partial charge in [-0.25, -0.2) is 0 Å². The summed E-state index contributed by atoms with van der Waals surface area (Å²) in [6, 6.07) is 5.64. The fourth-order valence-corrected chi connectivity index (χ4v) is 2.66. The molecule has 102 valence electrons. The second-order valence-electron chi connectivity index (χ2n) is 4.72. The van der Waals surface area contributed by atoms with Crippen LogP contribution in [0, 0.1) is 12.8 Å². The first-order valence-corrected chi connectivity index (χ1v) is 6.95. The van der Waals surface area contributed by atoms with E-state index in [2.05, 4.69) is 15.9 Å². The number of carbonyl (C=O) groups is 2. The van der Waals surface area contributed by atoms with Crippen LogP contribution in [0.1, 0.15) is 22.3 Å². The highest BCUT2D eigenvalue weighted by Crippen LogP contribution is 2.23. The van der Waals surface area contributed by atoms with Gasteiger partial charge in [0.05, 0.1) is 13.0 Å². The van der Waals surface area contributed by atoms with Gasteiger partial charge in [0, 0.05) is 23.1 Å². The summed E-state index contributed by atoms with van der Waals surface area (Å²) in [5.41, 5.74) is 1.62. The lowest BCUT2D eigenvalue weighted by molar-refractivity contribution is -0.144. The molecule has 1 atom stereocenters. The maximum atomic E-state index is 12.4. The number of likely N-dealkylation sites (tertiary alicyclic amines) is 1. The number of halogens is 1. The van der Waals surface area contributed by atoms with Gasteiger partial charge in [0.25, 0.3) is 5.91 Å². The van der Waals surface area contributed by atoms with E-state index in [9.17, 15) is 9.59 Å². The molecule has 4 nitrogen and oxygen atoms in total. The Labute approximate surface area is 120 Å². The molecule has 1 fully saturated rings. The largest absolute Gasteiger partial charge is 0.469 e. The zero-order chi connectivity index (χ0) is 14.0. The van der Waals surface area contributed by atoms with Gasteiger partial charge >= 0.3 is 5.97 Å². The lowest BCUT2D eigenvalue weighted by atomic mass is 10.1. The van der Waals surface area contributed by atoms with Crippen molar-refractivity contribution in [3.05, 3.63) is 33.8 Å². The Balaban J connectivity index is 2.13. The molecule has 1 saturated heterocycles. The lowest BCUT2D eigenvalue weighted by Gasteiger charge is -2.17. The van der Waals surface area contributed by atoms with E-state index >= 15 is 0 Å². The van der Waals surface area contributed by atoms with Crippen LogP contribution in [0.15, 0.2) is 22.7 Å². The smallest absolute Gasteiger partial charge is 0.310 e. The predicted octanol–water partition coefficient (Wildman–Crippen LogP) is 2.39. The Bertz CT molecular complexity index is 515. The molecule has 0 radical (unpaired) electrons. The number of carbonyl (C=O) groups excluding carboxylic acids is 2. The fraction of sp³-hybridized carbons (Fsp3) is 0.429. The first-order valence-electron chi connectivity index (χ1n) is 6.16. The van der Waals surface area contributed by atoms with Crippen LogP contribution in [0.5, 0.6) is 0 Å². The molecule has 1 aromatic carbocycles. The number of ether oxygens (including phenoxy) is 1. The van der Waals surface area contributed by atoms with Crippen molar-refractivity contribution in [1.29, 1.82) is 0 Å². The van der Waals surface area contributed by atoms with Gasteiger partial charge in [0.1, 0.15) is 0 Å². The quantitative estimate of drug-likeness (QED) is 0.784. The number of benzene rings is 1. The van der Waals surface area contributed by atoms with Gasteiger partial charge in [-0.1, -0.05) is 22.0 Å². The second-order valence-corrected chi connectivity index (χ2v) is 5.63. The van der Waals surface area contributed by atoms with Crippen LogP contribution in [0.4, 0.5) is 0 Å². The van der Waals surface area contributed by atoms with Crippen molar-refractivity contribution in [2.75, 3.05) is 20.2 Å². The lowest BCUT2D eigenvalue weighted by Crippen LogP contribution is -2.30. The summed E-state index contributed by atoms with van der Waals surface area (Å²) < 4.78 is 5.61. The predicted molar refractivity (Wildman–Crippen MR) is 74.9 cm³/mol.